The Morgan fingerprint density at radius 2 is 2.23 bits per heavy atom. The van der Waals surface area contributed by atoms with E-state index >= 15 is 0 Å². The highest BCUT2D eigenvalue weighted by Crippen LogP contribution is 2.29. The number of hydrogen-bond donors (Lipinski definition) is 1. The molecule has 0 saturated carbocycles. The van der Waals surface area contributed by atoms with Crippen molar-refractivity contribution in [2.24, 2.45) is 0 Å². The molecule has 1 aliphatic rings. The zero-order chi connectivity index (χ0) is 18.7. The van der Waals surface area contributed by atoms with Crippen LogP contribution in [0.4, 0.5) is 19.0 Å². The number of rotatable bonds is 4. The number of amides is 1. The Morgan fingerprint density at radius 3 is 2.85 bits per heavy atom. The SMILES string of the molecule is CCc1cc(C(=O)N[C@@H]2CCCN(c3ccc(C(F)(F)F)cn3)C2)on1. The van der Waals surface area contributed by atoms with Crippen LogP contribution in [0.3, 0.4) is 0 Å². The molecule has 0 unspecified atom stereocenters. The third kappa shape index (κ3) is 4.14. The average Bonchev–Trinajstić information content (AvgIpc) is 3.11. The molecule has 1 aliphatic heterocycles. The first-order valence-electron chi connectivity index (χ1n) is 8.41. The van der Waals surface area contributed by atoms with Gasteiger partial charge in [0.2, 0.25) is 5.76 Å². The molecule has 1 atom stereocenters. The first-order chi connectivity index (χ1) is 12.4. The summed E-state index contributed by atoms with van der Waals surface area (Å²) in [4.78, 5) is 18.0. The zero-order valence-corrected chi connectivity index (χ0v) is 14.2. The number of nitrogens with one attached hydrogen (secondary N) is 1. The maximum atomic E-state index is 12.6. The van der Waals surface area contributed by atoms with Gasteiger partial charge in [0.25, 0.3) is 5.91 Å². The van der Waals surface area contributed by atoms with Gasteiger partial charge in [0.05, 0.1) is 11.3 Å². The third-order valence-electron chi connectivity index (χ3n) is 4.30. The first kappa shape index (κ1) is 18.2. The minimum absolute atomic E-state index is 0.143. The smallest absolute Gasteiger partial charge is 0.355 e. The Morgan fingerprint density at radius 1 is 1.42 bits per heavy atom. The van der Waals surface area contributed by atoms with Gasteiger partial charge in [0.1, 0.15) is 5.82 Å². The topological polar surface area (TPSA) is 71.3 Å². The minimum Gasteiger partial charge on any atom is -0.355 e. The number of piperidine rings is 1. The number of alkyl halides is 3. The van der Waals surface area contributed by atoms with Gasteiger partial charge in [-0.05, 0) is 31.4 Å². The first-order valence-corrected chi connectivity index (χ1v) is 8.41. The summed E-state index contributed by atoms with van der Waals surface area (Å²) < 4.78 is 42.9. The lowest BCUT2D eigenvalue weighted by Gasteiger charge is -2.33. The van der Waals surface area contributed by atoms with Crippen LogP contribution in [-0.4, -0.2) is 35.2 Å². The van der Waals surface area contributed by atoms with E-state index in [1.807, 2.05) is 11.8 Å². The van der Waals surface area contributed by atoms with E-state index in [0.29, 0.717) is 31.0 Å². The summed E-state index contributed by atoms with van der Waals surface area (Å²) >= 11 is 0. The number of nitrogens with zero attached hydrogens (tertiary/aromatic N) is 3. The lowest BCUT2D eigenvalue weighted by atomic mass is 10.1. The van der Waals surface area contributed by atoms with Gasteiger partial charge in [0, 0.05) is 31.4 Å². The Balaban J connectivity index is 1.62. The number of anilines is 1. The molecule has 0 bridgehead atoms. The normalized spacial score (nSPS) is 18.0. The molecule has 0 radical (unpaired) electrons. The van der Waals surface area contributed by atoms with E-state index in [0.717, 1.165) is 25.1 Å². The monoisotopic (exact) mass is 368 g/mol. The van der Waals surface area contributed by atoms with Crippen LogP contribution in [0, 0.1) is 0 Å². The maximum absolute atomic E-state index is 12.6. The molecule has 1 N–H and O–H groups in total. The van der Waals surface area contributed by atoms with Crippen LogP contribution in [-0.2, 0) is 12.6 Å². The predicted molar refractivity (Wildman–Crippen MR) is 87.8 cm³/mol. The van der Waals surface area contributed by atoms with Crippen LogP contribution in [0.15, 0.2) is 28.9 Å². The molecular weight excluding hydrogens is 349 g/mol. The summed E-state index contributed by atoms with van der Waals surface area (Å²) in [5, 5.41) is 6.68. The van der Waals surface area contributed by atoms with Crippen molar-refractivity contribution in [3.05, 3.63) is 41.4 Å². The molecule has 0 aromatic carbocycles. The number of carbonyl (C=O) groups is 1. The van der Waals surface area contributed by atoms with Gasteiger partial charge in [0.15, 0.2) is 0 Å². The van der Waals surface area contributed by atoms with E-state index in [1.54, 1.807) is 6.07 Å². The summed E-state index contributed by atoms with van der Waals surface area (Å²) in [6.45, 7) is 3.06. The van der Waals surface area contributed by atoms with Gasteiger partial charge in [-0.2, -0.15) is 13.2 Å². The number of aryl methyl sites for hydroxylation is 1. The van der Waals surface area contributed by atoms with E-state index in [2.05, 4.69) is 15.5 Å². The zero-order valence-electron chi connectivity index (χ0n) is 14.2. The van der Waals surface area contributed by atoms with Crippen molar-refractivity contribution < 1.29 is 22.5 Å². The van der Waals surface area contributed by atoms with E-state index in [9.17, 15) is 18.0 Å². The quantitative estimate of drug-likeness (QED) is 0.898. The molecule has 9 heteroatoms. The molecule has 3 heterocycles. The number of hydrogen-bond acceptors (Lipinski definition) is 5. The second-order valence-corrected chi connectivity index (χ2v) is 6.20. The lowest BCUT2D eigenvalue weighted by Crippen LogP contribution is -2.48. The summed E-state index contributed by atoms with van der Waals surface area (Å²) in [5.41, 5.74) is -0.0745. The molecule has 3 rings (SSSR count). The molecule has 0 spiro atoms. The second-order valence-electron chi connectivity index (χ2n) is 6.20. The van der Waals surface area contributed by atoms with Crippen molar-refractivity contribution in [1.29, 1.82) is 0 Å². The molecule has 140 valence electrons. The molecule has 2 aromatic rings. The Bertz CT molecular complexity index is 758. The van der Waals surface area contributed by atoms with Gasteiger partial charge in [-0.1, -0.05) is 12.1 Å². The van der Waals surface area contributed by atoms with Crippen LogP contribution in [0.5, 0.6) is 0 Å². The van der Waals surface area contributed by atoms with Crippen molar-refractivity contribution in [2.75, 3.05) is 18.0 Å². The van der Waals surface area contributed by atoms with E-state index in [-0.39, 0.29) is 17.7 Å². The average molecular weight is 368 g/mol. The molecular formula is C17H19F3N4O2. The highest BCUT2D eigenvalue weighted by Gasteiger charge is 2.31. The molecule has 0 aliphatic carbocycles. The van der Waals surface area contributed by atoms with Crippen molar-refractivity contribution in [3.8, 4) is 0 Å². The molecule has 1 amide bonds. The molecule has 2 aromatic heterocycles. The fourth-order valence-electron chi connectivity index (χ4n) is 2.89. The van der Waals surface area contributed by atoms with Crippen molar-refractivity contribution >= 4 is 11.7 Å². The van der Waals surface area contributed by atoms with E-state index < -0.39 is 11.7 Å². The second kappa shape index (κ2) is 7.35. The van der Waals surface area contributed by atoms with Crippen LogP contribution >= 0.6 is 0 Å². The summed E-state index contributed by atoms with van der Waals surface area (Å²) in [7, 11) is 0. The van der Waals surface area contributed by atoms with Crippen molar-refractivity contribution in [1.82, 2.24) is 15.5 Å². The maximum Gasteiger partial charge on any atom is 0.417 e. The van der Waals surface area contributed by atoms with E-state index in [1.165, 1.54) is 6.07 Å². The summed E-state index contributed by atoms with van der Waals surface area (Å²) in [6.07, 6.45) is -1.33. The number of pyridine rings is 1. The van der Waals surface area contributed by atoms with Gasteiger partial charge < -0.3 is 14.7 Å². The van der Waals surface area contributed by atoms with Crippen LogP contribution < -0.4 is 10.2 Å². The van der Waals surface area contributed by atoms with Crippen LogP contribution in [0.25, 0.3) is 0 Å². The Kier molecular flexibility index (Phi) is 5.15. The highest BCUT2D eigenvalue weighted by molar-refractivity contribution is 5.91. The molecule has 6 nitrogen and oxygen atoms in total. The minimum atomic E-state index is -4.40. The Labute approximate surface area is 148 Å². The van der Waals surface area contributed by atoms with Gasteiger partial charge in [-0.15, -0.1) is 0 Å². The predicted octanol–water partition coefficient (Wildman–Crippen LogP) is 3.05. The number of aromatic nitrogens is 2. The summed E-state index contributed by atoms with van der Waals surface area (Å²) in [6, 6.07) is 3.84. The van der Waals surface area contributed by atoms with Gasteiger partial charge >= 0.3 is 6.18 Å². The number of halogens is 3. The molecule has 1 fully saturated rings. The largest absolute Gasteiger partial charge is 0.417 e. The molecule has 1 saturated heterocycles. The summed E-state index contributed by atoms with van der Waals surface area (Å²) in [5.74, 6) is 0.279. The van der Waals surface area contributed by atoms with Crippen LogP contribution in [0.2, 0.25) is 0 Å². The van der Waals surface area contributed by atoms with Crippen LogP contribution in [0.1, 0.15) is 41.6 Å². The third-order valence-corrected chi connectivity index (χ3v) is 4.30. The lowest BCUT2D eigenvalue weighted by molar-refractivity contribution is -0.137. The Hall–Kier alpha value is -2.58. The number of carbonyl (C=O) groups excluding carboxylic acids is 1. The van der Waals surface area contributed by atoms with Gasteiger partial charge in [-0.3, -0.25) is 4.79 Å². The van der Waals surface area contributed by atoms with Gasteiger partial charge in [-0.25, -0.2) is 4.98 Å². The highest BCUT2D eigenvalue weighted by atomic mass is 19.4. The van der Waals surface area contributed by atoms with Crippen molar-refractivity contribution in [2.45, 2.75) is 38.4 Å². The van der Waals surface area contributed by atoms with E-state index in [4.69, 9.17) is 4.52 Å². The standard InChI is InChI=1S/C17H19F3N4O2/c1-2-12-8-14(26-23-12)16(25)22-13-4-3-7-24(10-13)15-6-5-11(9-21-15)17(18,19)20/h5-6,8-9,13H,2-4,7,10H2,1H3,(H,22,25)/t13-/m1/s1. The van der Waals surface area contributed by atoms with Crippen molar-refractivity contribution in [3.63, 3.8) is 0 Å². The fraction of sp³-hybridized carbons (Fsp3) is 0.471. The fourth-order valence-corrected chi connectivity index (χ4v) is 2.89. The molecule has 26 heavy (non-hydrogen) atoms.